The highest BCUT2D eigenvalue weighted by Crippen LogP contribution is 2.60. The summed E-state index contributed by atoms with van der Waals surface area (Å²) in [5.41, 5.74) is 1.91. The van der Waals surface area contributed by atoms with Gasteiger partial charge < -0.3 is 10.4 Å². The van der Waals surface area contributed by atoms with E-state index in [4.69, 9.17) is 5.11 Å². The van der Waals surface area contributed by atoms with Gasteiger partial charge in [0.1, 0.15) is 0 Å². The number of aliphatic hydroxyl groups excluding tert-OH is 1. The molecule has 0 heterocycles. The second-order valence-corrected chi connectivity index (χ2v) is 6.18. The van der Waals surface area contributed by atoms with Crippen LogP contribution in [0.3, 0.4) is 0 Å². The summed E-state index contributed by atoms with van der Waals surface area (Å²) < 4.78 is 0. The first kappa shape index (κ1) is 14.2. The average Bonchev–Trinajstić information content (AvgIpc) is 3.38. The minimum atomic E-state index is -0.00673. The van der Waals surface area contributed by atoms with E-state index in [2.05, 4.69) is 17.2 Å². The molecule has 3 heteroatoms. The Hall–Kier alpha value is -1.79. The molecule has 2 aliphatic rings. The molecule has 3 nitrogen and oxygen atoms in total. The van der Waals surface area contributed by atoms with Crippen molar-refractivity contribution in [3.8, 4) is 11.8 Å². The predicted molar refractivity (Wildman–Crippen MR) is 81.7 cm³/mol. The van der Waals surface area contributed by atoms with Crippen molar-refractivity contribution in [2.45, 2.75) is 32.1 Å². The van der Waals surface area contributed by atoms with Crippen LogP contribution in [0.5, 0.6) is 0 Å². The molecule has 0 saturated heterocycles. The molecule has 1 aromatic rings. The summed E-state index contributed by atoms with van der Waals surface area (Å²) in [7, 11) is 0. The number of nitrogens with one attached hydrogen (secondary N) is 1. The van der Waals surface area contributed by atoms with E-state index in [1.807, 2.05) is 24.3 Å². The topological polar surface area (TPSA) is 49.3 Å². The molecule has 0 unspecified atom stereocenters. The third-order valence-corrected chi connectivity index (χ3v) is 4.53. The van der Waals surface area contributed by atoms with E-state index in [1.165, 1.54) is 25.7 Å². The van der Waals surface area contributed by atoms with Gasteiger partial charge in [0.05, 0.1) is 6.61 Å². The summed E-state index contributed by atoms with van der Waals surface area (Å²) in [5.74, 6) is 6.69. The third kappa shape index (κ3) is 3.46. The lowest BCUT2D eigenvalue weighted by molar-refractivity contribution is 0.0942. The van der Waals surface area contributed by atoms with Crippen LogP contribution >= 0.6 is 0 Å². The number of amides is 1. The van der Waals surface area contributed by atoms with Gasteiger partial charge in [-0.05, 0) is 55.2 Å². The van der Waals surface area contributed by atoms with Crippen LogP contribution < -0.4 is 5.32 Å². The Kier molecular flexibility index (Phi) is 3.98. The maximum atomic E-state index is 12.2. The van der Waals surface area contributed by atoms with E-state index in [-0.39, 0.29) is 12.5 Å². The van der Waals surface area contributed by atoms with Crippen molar-refractivity contribution in [2.75, 3.05) is 13.2 Å². The summed E-state index contributed by atoms with van der Waals surface area (Å²) in [4.78, 5) is 12.2. The minimum Gasteiger partial charge on any atom is -0.395 e. The first-order chi connectivity index (χ1) is 10.2. The van der Waals surface area contributed by atoms with E-state index in [0.29, 0.717) is 17.4 Å². The lowest BCUT2D eigenvalue weighted by Crippen LogP contribution is -2.31. The van der Waals surface area contributed by atoms with Crippen LogP contribution in [0.15, 0.2) is 24.3 Å². The van der Waals surface area contributed by atoms with Crippen molar-refractivity contribution >= 4 is 5.91 Å². The molecule has 1 aromatic carbocycles. The fourth-order valence-electron chi connectivity index (χ4n) is 2.90. The van der Waals surface area contributed by atoms with Crippen molar-refractivity contribution < 1.29 is 9.90 Å². The smallest absolute Gasteiger partial charge is 0.251 e. The Bertz CT molecular complexity index is 589. The zero-order valence-electron chi connectivity index (χ0n) is 12.2. The molecule has 110 valence electrons. The first-order valence-corrected chi connectivity index (χ1v) is 7.71. The van der Waals surface area contributed by atoms with Gasteiger partial charge >= 0.3 is 0 Å². The van der Waals surface area contributed by atoms with Gasteiger partial charge in [0, 0.05) is 24.1 Å². The molecule has 2 aliphatic carbocycles. The molecule has 0 atom stereocenters. The molecule has 2 N–H and O–H groups in total. The molecule has 1 amide bonds. The van der Waals surface area contributed by atoms with Gasteiger partial charge in [-0.3, -0.25) is 4.79 Å². The summed E-state index contributed by atoms with van der Waals surface area (Å²) in [6.45, 7) is 0.882. The van der Waals surface area contributed by atoms with Crippen LogP contribution in [0.1, 0.15) is 48.0 Å². The van der Waals surface area contributed by atoms with Gasteiger partial charge in [-0.15, -0.1) is 0 Å². The van der Waals surface area contributed by atoms with Gasteiger partial charge in [-0.2, -0.15) is 0 Å². The van der Waals surface area contributed by atoms with Crippen LogP contribution in [0.4, 0.5) is 0 Å². The van der Waals surface area contributed by atoms with Crippen LogP contribution in [0.2, 0.25) is 0 Å². The zero-order chi connectivity index (χ0) is 14.7. The van der Waals surface area contributed by atoms with E-state index in [1.54, 1.807) is 0 Å². The Morgan fingerprint density at radius 3 is 2.86 bits per heavy atom. The van der Waals surface area contributed by atoms with Crippen molar-refractivity contribution in [1.82, 2.24) is 5.32 Å². The highest BCUT2D eigenvalue weighted by Gasteiger charge is 2.53. The lowest BCUT2D eigenvalue weighted by Gasteiger charge is -2.15. The molecule has 3 rings (SSSR count). The fraction of sp³-hybridized carbons (Fsp3) is 0.500. The molecular formula is C18H21NO2. The van der Waals surface area contributed by atoms with Gasteiger partial charge in [-0.1, -0.05) is 17.9 Å². The average molecular weight is 283 g/mol. The Balaban J connectivity index is 1.59. The van der Waals surface area contributed by atoms with Crippen LogP contribution in [-0.4, -0.2) is 24.2 Å². The summed E-state index contributed by atoms with van der Waals surface area (Å²) in [6, 6.07) is 7.37. The first-order valence-electron chi connectivity index (χ1n) is 7.71. The number of carbonyl (C=O) groups is 1. The summed E-state index contributed by atoms with van der Waals surface area (Å²) in [5, 5.41) is 11.8. The van der Waals surface area contributed by atoms with E-state index < -0.39 is 0 Å². The Morgan fingerprint density at radius 1 is 1.38 bits per heavy atom. The molecule has 0 bridgehead atoms. The predicted octanol–water partition coefficient (Wildman–Crippen LogP) is 2.34. The molecule has 0 aliphatic heterocycles. The fourth-order valence-corrected chi connectivity index (χ4v) is 2.90. The van der Waals surface area contributed by atoms with Crippen molar-refractivity contribution in [2.24, 2.45) is 11.3 Å². The summed E-state index contributed by atoms with van der Waals surface area (Å²) in [6.07, 6.45) is 5.67. The standard InChI is InChI=1S/C18H21NO2/c20-11-2-1-4-14-5-3-6-15(12-14)17(21)19-13-18(9-10-18)16-7-8-16/h3,5-6,12,16,20H,2,7-11,13H2,(H,19,21). The van der Waals surface area contributed by atoms with Gasteiger partial charge in [0.25, 0.3) is 5.91 Å². The number of aliphatic hydroxyl groups is 1. The number of benzene rings is 1. The van der Waals surface area contributed by atoms with Gasteiger partial charge in [0.2, 0.25) is 0 Å². The summed E-state index contributed by atoms with van der Waals surface area (Å²) >= 11 is 0. The van der Waals surface area contributed by atoms with Crippen molar-refractivity contribution in [3.05, 3.63) is 35.4 Å². The Morgan fingerprint density at radius 2 is 2.19 bits per heavy atom. The third-order valence-electron chi connectivity index (χ3n) is 4.53. The van der Waals surface area contributed by atoms with Crippen molar-refractivity contribution in [3.63, 3.8) is 0 Å². The minimum absolute atomic E-state index is 0.00673. The van der Waals surface area contributed by atoms with Crippen molar-refractivity contribution in [1.29, 1.82) is 0 Å². The quantitative estimate of drug-likeness (QED) is 0.815. The number of hydrogen-bond donors (Lipinski definition) is 2. The largest absolute Gasteiger partial charge is 0.395 e. The molecule has 0 radical (unpaired) electrons. The Labute approximate surface area is 125 Å². The lowest BCUT2D eigenvalue weighted by atomic mass is 10.0. The van der Waals surface area contributed by atoms with Crippen LogP contribution in [0, 0.1) is 23.2 Å². The highest BCUT2D eigenvalue weighted by atomic mass is 16.2. The maximum absolute atomic E-state index is 12.2. The van der Waals surface area contributed by atoms with Gasteiger partial charge in [-0.25, -0.2) is 0 Å². The normalized spacial score (nSPS) is 18.5. The second-order valence-electron chi connectivity index (χ2n) is 6.18. The number of hydrogen-bond acceptors (Lipinski definition) is 2. The molecule has 2 fully saturated rings. The van der Waals surface area contributed by atoms with E-state index in [9.17, 15) is 4.79 Å². The molecule has 21 heavy (non-hydrogen) atoms. The molecular weight excluding hydrogens is 262 g/mol. The van der Waals surface area contributed by atoms with E-state index >= 15 is 0 Å². The van der Waals surface area contributed by atoms with Crippen LogP contribution in [-0.2, 0) is 0 Å². The zero-order valence-corrected chi connectivity index (χ0v) is 12.2. The maximum Gasteiger partial charge on any atom is 0.251 e. The SMILES string of the molecule is O=C(NCC1(C2CC2)CC1)c1cccc(C#CCCO)c1. The molecule has 0 aromatic heterocycles. The number of rotatable bonds is 5. The van der Waals surface area contributed by atoms with Crippen LogP contribution in [0.25, 0.3) is 0 Å². The molecule has 2 saturated carbocycles. The molecule has 0 spiro atoms. The highest BCUT2D eigenvalue weighted by molar-refractivity contribution is 5.94. The monoisotopic (exact) mass is 283 g/mol. The van der Waals surface area contributed by atoms with Gasteiger partial charge in [0.15, 0.2) is 0 Å². The number of carbonyl (C=O) groups excluding carboxylic acids is 1. The second kappa shape index (κ2) is 5.91. The van der Waals surface area contributed by atoms with E-state index in [0.717, 1.165) is 18.0 Å².